The van der Waals surface area contributed by atoms with E-state index < -0.39 is 11.7 Å². The Hall–Kier alpha value is -1.29. The van der Waals surface area contributed by atoms with Crippen LogP contribution in [0.5, 0.6) is 0 Å². The molecule has 0 amide bonds. The Morgan fingerprint density at radius 3 is 2.58 bits per heavy atom. The number of aliphatic hydroxyl groups excluding tert-OH is 1. The molecular weight excluding hydrogens is 176 g/mol. The number of thiophene rings is 1. The van der Waals surface area contributed by atoms with E-state index in [0.717, 1.165) is 9.75 Å². The molecule has 0 fully saturated rings. The van der Waals surface area contributed by atoms with Gasteiger partial charge >= 0.3 is 5.97 Å². The topological polar surface area (TPSA) is 57.5 Å². The maximum atomic E-state index is 10.2. The Morgan fingerprint density at radius 2 is 2.17 bits per heavy atom. The van der Waals surface area contributed by atoms with Gasteiger partial charge in [-0.1, -0.05) is 0 Å². The lowest BCUT2D eigenvalue weighted by Gasteiger charge is -1.88. The molecule has 12 heavy (non-hydrogen) atoms. The summed E-state index contributed by atoms with van der Waals surface area (Å²) in [6.07, 6.45) is 1.24. The molecule has 0 radical (unpaired) electrons. The van der Waals surface area contributed by atoms with Gasteiger partial charge in [-0.3, -0.25) is 0 Å². The van der Waals surface area contributed by atoms with Gasteiger partial charge in [0, 0.05) is 15.8 Å². The second kappa shape index (κ2) is 3.40. The second-order valence-electron chi connectivity index (χ2n) is 2.28. The number of carboxylic acids is 1. The summed E-state index contributed by atoms with van der Waals surface area (Å²) in [5, 5.41) is 17.2. The van der Waals surface area contributed by atoms with Crippen molar-refractivity contribution in [3.8, 4) is 0 Å². The summed E-state index contributed by atoms with van der Waals surface area (Å²) in [5.74, 6) is -1.93. The minimum Gasteiger partial charge on any atom is -0.502 e. The molecule has 1 heterocycles. The van der Waals surface area contributed by atoms with Gasteiger partial charge in [0.15, 0.2) is 0 Å². The number of aryl methyl sites for hydroxylation is 1. The van der Waals surface area contributed by atoms with Crippen LogP contribution in [-0.4, -0.2) is 16.2 Å². The van der Waals surface area contributed by atoms with Crippen LogP contribution in [0.1, 0.15) is 9.75 Å². The van der Waals surface area contributed by atoms with Gasteiger partial charge in [-0.05, 0) is 19.1 Å². The molecular formula is C8H8O3S. The third-order valence-electron chi connectivity index (χ3n) is 1.26. The van der Waals surface area contributed by atoms with Gasteiger partial charge in [0.1, 0.15) is 0 Å². The number of hydrogen-bond donors (Lipinski definition) is 2. The van der Waals surface area contributed by atoms with Crippen LogP contribution >= 0.6 is 11.3 Å². The highest BCUT2D eigenvalue weighted by Crippen LogP contribution is 2.17. The molecule has 1 rings (SSSR count). The molecule has 0 aromatic carbocycles. The predicted molar refractivity (Wildman–Crippen MR) is 47.3 cm³/mol. The third-order valence-corrected chi connectivity index (χ3v) is 2.21. The highest BCUT2D eigenvalue weighted by molar-refractivity contribution is 7.12. The molecule has 0 saturated heterocycles. The molecule has 0 unspecified atom stereocenters. The molecule has 1 aromatic heterocycles. The summed E-state index contributed by atoms with van der Waals surface area (Å²) in [5.41, 5.74) is 0. The Morgan fingerprint density at radius 1 is 1.50 bits per heavy atom. The van der Waals surface area contributed by atoms with Crippen molar-refractivity contribution in [1.82, 2.24) is 0 Å². The van der Waals surface area contributed by atoms with Crippen LogP contribution in [0.25, 0.3) is 6.08 Å². The van der Waals surface area contributed by atoms with Crippen molar-refractivity contribution in [3.05, 3.63) is 27.6 Å². The summed E-state index contributed by atoms with van der Waals surface area (Å²) in [7, 11) is 0. The quantitative estimate of drug-likeness (QED) is 0.546. The summed E-state index contributed by atoms with van der Waals surface area (Å²) in [4.78, 5) is 12.0. The number of aliphatic carboxylic acids is 1. The molecule has 64 valence electrons. The fourth-order valence-electron chi connectivity index (χ4n) is 0.727. The molecule has 2 N–H and O–H groups in total. The number of hydrogen-bond acceptors (Lipinski definition) is 3. The lowest BCUT2D eigenvalue weighted by molar-refractivity contribution is -0.135. The minimum absolute atomic E-state index is 0.628. The van der Waals surface area contributed by atoms with E-state index in [1.54, 1.807) is 6.07 Å². The maximum absolute atomic E-state index is 10.2. The summed E-state index contributed by atoms with van der Waals surface area (Å²) in [6, 6.07) is 3.63. The Labute approximate surface area is 73.6 Å². The molecule has 0 spiro atoms. The molecule has 0 atom stereocenters. The van der Waals surface area contributed by atoms with Crippen LogP contribution in [0.15, 0.2) is 17.9 Å². The highest BCUT2D eigenvalue weighted by atomic mass is 32.1. The highest BCUT2D eigenvalue weighted by Gasteiger charge is 2.03. The Balaban J connectivity index is 2.87. The molecule has 1 aromatic rings. The van der Waals surface area contributed by atoms with Crippen molar-refractivity contribution in [2.24, 2.45) is 0 Å². The molecule has 0 aliphatic carbocycles. The van der Waals surface area contributed by atoms with Crippen molar-refractivity contribution >= 4 is 23.4 Å². The SMILES string of the molecule is Cc1ccc(/C=C(\O)C(=O)O)s1. The van der Waals surface area contributed by atoms with E-state index in [1.165, 1.54) is 17.4 Å². The van der Waals surface area contributed by atoms with Crippen LogP contribution in [0, 0.1) is 6.92 Å². The largest absolute Gasteiger partial charge is 0.502 e. The van der Waals surface area contributed by atoms with Crippen molar-refractivity contribution in [2.75, 3.05) is 0 Å². The normalized spacial score (nSPS) is 11.6. The van der Waals surface area contributed by atoms with Crippen molar-refractivity contribution in [3.63, 3.8) is 0 Å². The lowest BCUT2D eigenvalue weighted by Crippen LogP contribution is -1.97. The van der Waals surface area contributed by atoms with E-state index in [1.807, 2.05) is 13.0 Å². The van der Waals surface area contributed by atoms with Crippen molar-refractivity contribution in [2.45, 2.75) is 6.92 Å². The lowest BCUT2D eigenvalue weighted by atomic mass is 10.4. The number of rotatable bonds is 2. The predicted octanol–water partition coefficient (Wildman–Crippen LogP) is 2.04. The average Bonchev–Trinajstić information content (AvgIpc) is 2.35. The first-order chi connectivity index (χ1) is 5.59. The average molecular weight is 184 g/mol. The number of carbonyl (C=O) groups is 1. The van der Waals surface area contributed by atoms with Crippen molar-refractivity contribution in [1.29, 1.82) is 0 Å². The fourth-order valence-corrected chi connectivity index (χ4v) is 1.54. The van der Waals surface area contributed by atoms with E-state index in [0.29, 0.717) is 0 Å². The summed E-state index contributed by atoms with van der Waals surface area (Å²) in [6.45, 7) is 1.92. The first-order valence-corrected chi connectivity index (χ1v) is 4.11. The van der Waals surface area contributed by atoms with Gasteiger partial charge in [0.05, 0.1) is 0 Å². The van der Waals surface area contributed by atoms with E-state index >= 15 is 0 Å². The van der Waals surface area contributed by atoms with Gasteiger partial charge in [-0.2, -0.15) is 0 Å². The van der Waals surface area contributed by atoms with Gasteiger partial charge in [0.2, 0.25) is 5.76 Å². The fraction of sp³-hybridized carbons (Fsp3) is 0.125. The Bertz CT molecular complexity index is 325. The first-order valence-electron chi connectivity index (χ1n) is 3.30. The van der Waals surface area contributed by atoms with Gasteiger partial charge in [-0.25, -0.2) is 4.79 Å². The first kappa shape index (κ1) is 8.80. The van der Waals surface area contributed by atoms with Crippen LogP contribution in [0.2, 0.25) is 0 Å². The molecule has 0 aliphatic heterocycles. The number of aliphatic hydroxyl groups is 1. The van der Waals surface area contributed by atoms with Crippen LogP contribution in [0.4, 0.5) is 0 Å². The van der Waals surface area contributed by atoms with Gasteiger partial charge in [-0.15, -0.1) is 11.3 Å². The van der Waals surface area contributed by atoms with Crippen LogP contribution < -0.4 is 0 Å². The zero-order valence-electron chi connectivity index (χ0n) is 6.44. The minimum atomic E-state index is -1.30. The summed E-state index contributed by atoms with van der Waals surface area (Å²) >= 11 is 1.43. The Kier molecular flexibility index (Phi) is 2.50. The third kappa shape index (κ3) is 2.10. The second-order valence-corrected chi connectivity index (χ2v) is 3.60. The van der Waals surface area contributed by atoms with Crippen LogP contribution in [-0.2, 0) is 4.79 Å². The van der Waals surface area contributed by atoms with E-state index in [4.69, 9.17) is 10.2 Å². The van der Waals surface area contributed by atoms with Crippen LogP contribution in [0.3, 0.4) is 0 Å². The zero-order valence-corrected chi connectivity index (χ0v) is 7.26. The molecule has 0 saturated carbocycles. The molecule has 3 nitrogen and oxygen atoms in total. The zero-order chi connectivity index (χ0) is 9.14. The standard InChI is InChI=1S/C8H8O3S/c1-5-2-3-6(12-5)4-7(9)8(10)11/h2-4,9H,1H3,(H,10,11)/b7-4-. The number of carboxylic acid groups (broad SMARTS) is 1. The van der Waals surface area contributed by atoms with Crippen molar-refractivity contribution < 1.29 is 15.0 Å². The molecule has 0 bridgehead atoms. The van der Waals surface area contributed by atoms with E-state index in [2.05, 4.69) is 0 Å². The maximum Gasteiger partial charge on any atom is 0.370 e. The van der Waals surface area contributed by atoms with E-state index in [9.17, 15) is 4.79 Å². The summed E-state index contributed by atoms with van der Waals surface area (Å²) < 4.78 is 0. The monoisotopic (exact) mass is 184 g/mol. The van der Waals surface area contributed by atoms with Gasteiger partial charge < -0.3 is 10.2 Å². The smallest absolute Gasteiger partial charge is 0.370 e. The molecule has 4 heteroatoms. The molecule has 0 aliphatic rings. The van der Waals surface area contributed by atoms with E-state index in [-0.39, 0.29) is 0 Å². The van der Waals surface area contributed by atoms with Gasteiger partial charge in [0.25, 0.3) is 0 Å².